The number of imidazole rings is 1. The third-order valence-electron chi connectivity index (χ3n) is 18.3. The summed E-state index contributed by atoms with van der Waals surface area (Å²) in [7, 11) is 0. The van der Waals surface area contributed by atoms with Crippen LogP contribution in [0.4, 0.5) is 11.5 Å². The maximum absolute atomic E-state index is 15.3. The van der Waals surface area contributed by atoms with Crippen molar-refractivity contribution in [3.8, 4) is 22.9 Å². The number of nitrogens with zero attached hydrogens (tertiary/aromatic N) is 9. The summed E-state index contributed by atoms with van der Waals surface area (Å²) in [5.41, 5.74) is 4.77. The molecule has 5 aromatic rings. The Balaban J connectivity index is 0.718. The molecule has 75 heavy (non-hydrogen) atoms. The summed E-state index contributed by atoms with van der Waals surface area (Å²) in [5, 5.41) is 2.43. The van der Waals surface area contributed by atoms with Crippen molar-refractivity contribution in [2.75, 3.05) is 62.2 Å². The molecule has 1 unspecified atom stereocenters. The molecule has 1 N–H and O–H groups in total. The maximum atomic E-state index is 15.3. The van der Waals surface area contributed by atoms with Crippen LogP contribution in [0.2, 0.25) is 0 Å². The fourth-order valence-corrected chi connectivity index (χ4v) is 13.5. The molecule has 6 fully saturated rings. The van der Waals surface area contributed by atoms with E-state index in [2.05, 4.69) is 68.5 Å². The summed E-state index contributed by atoms with van der Waals surface area (Å²) in [4.78, 5) is 93.6. The second-order valence-corrected chi connectivity index (χ2v) is 23.1. The SMILES string of the molecule is CC(C)n1cnc2cc(-c3ccc4c(c3)N(C3CC(N5CCCCC5)C3)C(=O)C43CCN(C(=O)C4(C)CCN(C(=O)C5CCN(c6ccc(C7CCC(=O)NC7=O)cn6)CC5)CC4)CC3)nc(Oc3ccccc3)c21. The Labute approximate surface area is 439 Å². The smallest absolute Gasteiger partial charge is 0.246 e. The second kappa shape index (κ2) is 19.8. The van der Waals surface area contributed by atoms with Crippen molar-refractivity contribution in [2.45, 2.75) is 134 Å². The molecule has 392 valence electrons. The van der Waals surface area contributed by atoms with Crippen molar-refractivity contribution in [2.24, 2.45) is 11.3 Å². The Hall–Kier alpha value is -6.68. The highest BCUT2D eigenvalue weighted by Gasteiger charge is 2.56. The van der Waals surface area contributed by atoms with Gasteiger partial charge in [-0.05, 0) is 139 Å². The van der Waals surface area contributed by atoms with Crippen molar-refractivity contribution >= 4 is 52.1 Å². The summed E-state index contributed by atoms with van der Waals surface area (Å²) in [6.07, 6.45) is 13.9. The predicted octanol–water partition coefficient (Wildman–Crippen LogP) is 8.16. The number of para-hydroxylation sites is 1. The van der Waals surface area contributed by atoms with E-state index in [1.807, 2.05) is 64.7 Å². The molecule has 0 radical (unpaired) electrons. The summed E-state index contributed by atoms with van der Waals surface area (Å²) < 4.78 is 8.60. The normalized spacial score (nSPS) is 24.2. The second-order valence-electron chi connectivity index (χ2n) is 23.1. The average molecular weight is 1020 g/mol. The van der Waals surface area contributed by atoms with Crippen LogP contribution in [0.1, 0.15) is 127 Å². The van der Waals surface area contributed by atoms with Crippen molar-refractivity contribution in [1.82, 2.24) is 39.5 Å². The molecule has 9 heterocycles. The number of carbonyl (C=O) groups excluding carboxylic acids is 5. The van der Waals surface area contributed by atoms with Crippen LogP contribution in [-0.4, -0.2) is 128 Å². The van der Waals surface area contributed by atoms with Crippen molar-refractivity contribution in [3.05, 3.63) is 90.4 Å². The molecule has 1 spiro atoms. The molecule has 1 aliphatic carbocycles. The molecular formula is C59H70N10O6. The number of hydrogen-bond donors (Lipinski definition) is 1. The summed E-state index contributed by atoms with van der Waals surface area (Å²) in [5.74, 6) is 1.51. The van der Waals surface area contributed by atoms with Gasteiger partial charge in [0.05, 0.1) is 28.9 Å². The highest BCUT2D eigenvalue weighted by Crippen LogP contribution is 2.53. The van der Waals surface area contributed by atoms with Crippen LogP contribution in [0.15, 0.2) is 79.3 Å². The number of hydrogen-bond acceptors (Lipinski definition) is 11. The number of imide groups is 1. The van der Waals surface area contributed by atoms with Crippen LogP contribution in [0.3, 0.4) is 0 Å². The number of pyridine rings is 2. The van der Waals surface area contributed by atoms with E-state index in [9.17, 15) is 19.2 Å². The minimum atomic E-state index is -0.725. The van der Waals surface area contributed by atoms with Gasteiger partial charge in [-0.3, -0.25) is 29.3 Å². The number of piperidine rings is 5. The third kappa shape index (κ3) is 9.03. The number of benzene rings is 2. The average Bonchev–Trinajstić information content (AvgIpc) is 3.98. The number of nitrogens with one attached hydrogen (secondary N) is 1. The molecule has 1 saturated carbocycles. The minimum absolute atomic E-state index is 0.0824. The fourth-order valence-electron chi connectivity index (χ4n) is 13.5. The van der Waals surface area contributed by atoms with Gasteiger partial charge in [0.1, 0.15) is 17.1 Å². The molecule has 3 aromatic heterocycles. The fraction of sp³-hybridized carbons (Fsp3) is 0.525. The van der Waals surface area contributed by atoms with Crippen molar-refractivity contribution in [3.63, 3.8) is 0 Å². The Morgan fingerprint density at radius 3 is 2.20 bits per heavy atom. The van der Waals surface area contributed by atoms with E-state index in [0.29, 0.717) is 95.5 Å². The van der Waals surface area contributed by atoms with E-state index in [0.717, 1.165) is 83.7 Å². The van der Waals surface area contributed by atoms with Crippen LogP contribution < -0.4 is 19.9 Å². The molecule has 2 aromatic carbocycles. The number of anilines is 2. The largest absolute Gasteiger partial charge is 0.437 e. The number of fused-ring (bicyclic) bond motifs is 3. The van der Waals surface area contributed by atoms with Gasteiger partial charge in [-0.2, -0.15) is 0 Å². The van der Waals surface area contributed by atoms with Gasteiger partial charge in [0.2, 0.25) is 35.4 Å². The molecular weight excluding hydrogens is 945 g/mol. The van der Waals surface area contributed by atoms with Crippen LogP contribution in [0.5, 0.6) is 11.6 Å². The lowest BCUT2D eigenvalue weighted by molar-refractivity contribution is -0.150. The van der Waals surface area contributed by atoms with Crippen LogP contribution in [-0.2, 0) is 29.4 Å². The lowest BCUT2D eigenvalue weighted by atomic mass is 9.72. The summed E-state index contributed by atoms with van der Waals surface area (Å²) in [6.45, 7) is 12.1. The first-order valence-corrected chi connectivity index (χ1v) is 27.8. The number of likely N-dealkylation sites (tertiary alicyclic amines) is 3. The number of ether oxygens (including phenoxy) is 1. The summed E-state index contributed by atoms with van der Waals surface area (Å²) in [6, 6.07) is 22.8. The molecule has 1 atom stereocenters. The lowest BCUT2D eigenvalue weighted by Crippen LogP contribution is -2.59. The first-order valence-electron chi connectivity index (χ1n) is 27.8. The van der Waals surface area contributed by atoms with Crippen molar-refractivity contribution in [1.29, 1.82) is 0 Å². The van der Waals surface area contributed by atoms with E-state index in [-0.39, 0.29) is 53.5 Å². The van der Waals surface area contributed by atoms with Gasteiger partial charge in [0.25, 0.3) is 0 Å². The number of amides is 5. The molecule has 5 saturated heterocycles. The van der Waals surface area contributed by atoms with Gasteiger partial charge in [0.15, 0.2) is 0 Å². The zero-order valence-electron chi connectivity index (χ0n) is 43.7. The van der Waals surface area contributed by atoms with Crippen molar-refractivity contribution < 1.29 is 28.7 Å². The Morgan fingerprint density at radius 2 is 1.51 bits per heavy atom. The van der Waals surface area contributed by atoms with Crippen LogP contribution >= 0.6 is 0 Å². The quantitative estimate of drug-likeness (QED) is 0.134. The van der Waals surface area contributed by atoms with E-state index in [1.54, 1.807) is 6.20 Å². The van der Waals surface area contributed by atoms with Gasteiger partial charge in [-0.1, -0.05) is 49.7 Å². The highest BCUT2D eigenvalue weighted by molar-refractivity contribution is 6.09. The van der Waals surface area contributed by atoms with Crippen LogP contribution in [0, 0.1) is 11.3 Å². The molecule has 6 aliphatic heterocycles. The molecule has 16 heteroatoms. The zero-order chi connectivity index (χ0) is 51.6. The topological polar surface area (TPSA) is 166 Å². The Kier molecular flexibility index (Phi) is 13.0. The standard InChI is InChI=1S/C59H70N10O6/c1-38(2)68-37-61-48-35-47(62-54(52(48)68)75-44-10-6-4-7-11-44)40-12-15-46-49(32-40)69(43-33-42(34-43)64-24-8-5-9-25-64)57(74)59(46)22-30-67(31-23-59)56(73)58(3)20-28-66(29-21-58)55(72)39-18-26-65(27-19-39)50-16-13-41(36-60-50)45-14-17-51(70)63-53(45)71/h4,6-7,10-13,15-16,32,35-39,42-43,45H,5,8-9,14,17-31,33-34H2,1-3H3,(H,63,70,71). The van der Waals surface area contributed by atoms with Gasteiger partial charge in [-0.25, -0.2) is 15.0 Å². The van der Waals surface area contributed by atoms with Crippen LogP contribution in [0.25, 0.3) is 22.3 Å². The molecule has 7 aliphatic rings. The molecule has 12 rings (SSSR count). The first-order chi connectivity index (χ1) is 36.4. The monoisotopic (exact) mass is 1010 g/mol. The summed E-state index contributed by atoms with van der Waals surface area (Å²) >= 11 is 0. The zero-order valence-corrected chi connectivity index (χ0v) is 43.7. The van der Waals surface area contributed by atoms with Gasteiger partial charge in [0, 0.05) is 92.6 Å². The van der Waals surface area contributed by atoms with Gasteiger partial charge in [-0.15, -0.1) is 0 Å². The molecule has 16 nitrogen and oxygen atoms in total. The lowest BCUT2D eigenvalue weighted by Gasteiger charge is -2.48. The van der Waals surface area contributed by atoms with E-state index < -0.39 is 10.8 Å². The molecule has 0 bridgehead atoms. The number of aromatic nitrogens is 4. The van der Waals surface area contributed by atoms with E-state index in [1.165, 1.54) is 19.3 Å². The molecule has 5 amide bonds. The van der Waals surface area contributed by atoms with Gasteiger partial charge < -0.3 is 33.8 Å². The minimum Gasteiger partial charge on any atom is -0.437 e. The predicted molar refractivity (Wildman–Crippen MR) is 285 cm³/mol. The van der Waals surface area contributed by atoms with E-state index in [4.69, 9.17) is 14.7 Å². The van der Waals surface area contributed by atoms with Gasteiger partial charge >= 0.3 is 0 Å². The maximum Gasteiger partial charge on any atom is 0.246 e. The number of carbonyl (C=O) groups is 5. The first kappa shape index (κ1) is 49.2. The Morgan fingerprint density at radius 1 is 0.773 bits per heavy atom. The van der Waals surface area contributed by atoms with E-state index >= 15 is 4.79 Å². The highest BCUT2D eigenvalue weighted by atomic mass is 16.5. The third-order valence-corrected chi connectivity index (χ3v) is 18.3. The Bertz CT molecular complexity index is 2990. The number of rotatable bonds is 10.